The van der Waals surface area contributed by atoms with Crippen molar-refractivity contribution in [1.29, 1.82) is 0 Å². The third-order valence-corrected chi connectivity index (χ3v) is 3.78. The van der Waals surface area contributed by atoms with Gasteiger partial charge >= 0.3 is 0 Å². The number of phenols is 1. The largest absolute Gasteiger partial charge is 0.508 e. The number of carbonyl (C=O) groups is 1. The Morgan fingerprint density at radius 2 is 2.05 bits per heavy atom. The normalized spacial score (nSPS) is 24.5. The van der Waals surface area contributed by atoms with Gasteiger partial charge in [-0.3, -0.25) is 4.79 Å². The molecule has 1 aromatic rings. The molecule has 4 heteroatoms. The SMILES string of the molecule is CC1CC(C)N(C(=O)C(N)Cc2ccc(O)cc2)C1. The molecule has 4 nitrogen and oxygen atoms in total. The van der Waals surface area contributed by atoms with Crippen molar-refractivity contribution in [3.8, 4) is 5.75 Å². The molecule has 1 aliphatic heterocycles. The van der Waals surface area contributed by atoms with Crippen molar-refractivity contribution in [2.24, 2.45) is 11.7 Å². The highest BCUT2D eigenvalue weighted by Crippen LogP contribution is 2.23. The van der Waals surface area contributed by atoms with Crippen molar-refractivity contribution < 1.29 is 9.90 Å². The summed E-state index contributed by atoms with van der Waals surface area (Å²) in [6.07, 6.45) is 1.56. The van der Waals surface area contributed by atoms with E-state index in [2.05, 4.69) is 13.8 Å². The maximum atomic E-state index is 12.3. The minimum Gasteiger partial charge on any atom is -0.508 e. The Balaban J connectivity index is 1.97. The van der Waals surface area contributed by atoms with Crippen LogP contribution in [0.4, 0.5) is 0 Å². The van der Waals surface area contributed by atoms with E-state index in [0.29, 0.717) is 12.3 Å². The number of nitrogens with zero attached hydrogens (tertiary/aromatic N) is 1. The summed E-state index contributed by atoms with van der Waals surface area (Å²) in [5, 5.41) is 9.23. The molecule has 0 aromatic heterocycles. The van der Waals surface area contributed by atoms with E-state index in [1.54, 1.807) is 24.3 Å². The second-order valence-electron chi connectivity index (χ2n) is 5.66. The Morgan fingerprint density at radius 1 is 1.42 bits per heavy atom. The minimum absolute atomic E-state index is 0.0323. The summed E-state index contributed by atoms with van der Waals surface area (Å²) < 4.78 is 0. The number of amides is 1. The Bertz CT molecular complexity index is 444. The van der Waals surface area contributed by atoms with Gasteiger partial charge in [-0.05, 0) is 43.4 Å². The molecule has 104 valence electrons. The average Bonchev–Trinajstić information content (AvgIpc) is 2.70. The first-order valence-electron chi connectivity index (χ1n) is 6.81. The van der Waals surface area contributed by atoms with Gasteiger partial charge in [0.25, 0.3) is 0 Å². The topological polar surface area (TPSA) is 66.6 Å². The lowest BCUT2D eigenvalue weighted by Gasteiger charge is -2.25. The van der Waals surface area contributed by atoms with Crippen molar-refractivity contribution in [1.82, 2.24) is 4.90 Å². The summed E-state index contributed by atoms with van der Waals surface area (Å²) in [6, 6.07) is 6.63. The highest BCUT2D eigenvalue weighted by atomic mass is 16.3. The molecule has 1 amide bonds. The van der Waals surface area contributed by atoms with Gasteiger partial charge in [-0.25, -0.2) is 0 Å². The monoisotopic (exact) mass is 262 g/mol. The Hall–Kier alpha value is -1.55. The number of likely N-dealkylation sites (tertiary alicyclic amines) is 1. The zero-order chi connectivity index (χ0) is 14.0. The fraction of sp³-hybridized carbons (Fsp3) is 0.533. The fourth-order valence-electron chi connectivity index (χ4n) is 2.79. The number of aromatic hydroxyl groups is 1. The third-order valence-electron chi connectivity index (χ3n) is 3.78. The van der Waals surface area contributed by atoms with Crippen LogP contribution in [0.1, 0.15) is 25.8 Å². The van der Waals surface area contributed by atoms with E-state index >= 15 is 0 Å². The second-order valence-corrected chi connectivity index (χ2v) is 5.66. The van der Waals surface area contributed by atoms with Crippen LogP contribution >= 0.6 is 0 Å². The van der Waals surface area contributed by atoms with Crippen LogP contribution in [0, 0.1) is 5.92 Å². The molecule has 0 aliphatic carbocycles. The van der Waals surface area contributed by atoms with E-state index in [0.717, 1.165) is 18.5 Å². The first-order valence-corrected chi connectivity index (χ1v) is 6.81. The highest BCUT2D eigenvalue weighted by molar-refractivity contribution is 5.82. The molecule has 19 heavy (non-hydrogen) atoms. The number of benzene rings is 1. The van der Waals surface area contributed by atoms with Crippen LogP contribution in [0.5, 0.6) is 5.75 Å². The molecule has 1 fully saturated rings. The van der Waals surface area contributed by atoms with Gasteiger partial charge in [0.1, 0.15) is 5.75 Å². The number of nitrogens with two attached hydrogens (primary N) is 1. The van der Waals surface area contributed by atoms with Crippen LogP contribution in [0.15, 0.2) is 24.3 Å². The first-order chi connectivity index (χ1) is 8.97. The van der Waals surface area contributed by atoms with Gasteiger partial charge < -0.3 is 15.7 Å². The van der Waals surface area contributed by atoms with Crippen LogP contribution in [0.3, 0.4) is 0 Å². The Kier molecular flexibility index (Phi) is 4.10. The van der Waals surface area contributed by atoms with Gasteiger partial charge in [0.2, 0.25) is 5.91 Å². The lowest BCUT2D eigenvalue weighted by molar-refractivity contribution is -0.133. The van der Waals surface area contributed by atoms with Crippen molar-refractivity contribution in [3.05, 3.63) is 29.8 Å². The lowest BCUT2D eigenvalue weighted by atomic mass is 10.1. The smallest absolute Gasteiger partial charge is 0.240 e. The van der Waals surface area contributed by atoms with E-state index in [-0.39, 0.29) is 17.7 Å². The Labute approximate surface area is 114 Å². The van der Waals surface area contributed by atoms with Gasteiger partial charge in [-0.2, -0.15) is 0 Å². The zero-order valence-electron chi connectivity index (χ0n) is 11.5. The summed E-state index contributed by atoms with van der Waals surface area (Å²) >= 11 is 0. The van der Waals surface area contributed by atoms with Crippen LogP contribution in [0.2, 0.25) is 0 Å². The summed E-state index contributed by atoms with van der Waals surface area (Å²) in [7, 11) is 0. The Morgan fingerprint density at radius 3 is 2.58 bits per heavy atom. The number of hydrogen-bond donors (Lipinski definition) is 2. The van der Waals surface area contributed by atoms with Crippen molar-refractivity contribution in [3.63, 3.8) is 0 Å². The van der Waals surface area contributed by atoms with Gasteiger partial charge in [0, 0.05) is 12.6 Å². The van der Waals surface area contributed by atoms with Crippen LogP contribution in [0.25, 0.3) is 0 Å². The number of carbonyl (C=O) groups excluding carboxylic acids is 1. The maximum Gasteiger partial charge on any atom is 0.240 e. The standard InChI is InChI=1S/C15H22N2O2/c1-10-7-11(2)17(9-10)15(19)14(16)8-12-3-5-13(18)6-4-12/h3-6,10-11,14,18H,7-9,16H2,1-2H3. The number of hydrogen-bond acceptors (Lipinski definition) is 3. The molecule has 1 heterocycles. The van der Waals surface area contributed by atoms with Gasteiger partial charge in [0.15, 0.2) is 0 Å². The number of phenolic OH excluding ortho intramolecular Hbond substituents is 1. The van der Waals surface area contributed by atoms with Gasteiger partial charge in [-0.1, -0.05) is 19.1 Å². The molecule has 0 spiro atoms. The van der Waals surface area contributed by atoms with E-state index in [4.69, 9.17) is 5.73 Å². The average molecular weight is 262 g/mol. The molecule has 1 aliphatic rings. The van der Waals surface area contributed by atoms with E-state index in [1.807, 2.05) is 4.90 Å². The molecule has 3 atom stereocenters. The molecule has 1 aromatic carbocycles. The zero-order valence-corrected chi connectivity index (χ0v) is 11.5. The van der Waals surface area contributed by atoms with Crippen molar-refractivity contribution in [2.45, 2.75) is 38.8 Å². The molecule has 0 saturated carbocycles. The summed E-state index contributed by atoms with van der Waals surface area (Å²) in [5.41, 5.74) is 6.99. The molecule has 0 bridgehead atoms. The van der Waals surface area contributed by atoms with E-state index < -0.39 is 6.04 Å². The predicted octanol–water partition coefficient (Wildman–Crippen LogP) is 1.52. The molecule has 0 radical (unpaired) electrons. The van der Waals surface area contributed by atoms with Gasteiger partial charge in [-0.15, -0.1) is 0 Å². The molecular formula is C15H22N2O2. The van der Waals surface area contributed by atoms with Crippen LogP contribution in [-0.2, 0) is 11.2 Å². The molecule has 2 rings (SSSR count). The lowest BCUT2D eigenvalue weighted by Crippen LogP contribution is -2.46. The molecule has 3 unspecified atom stereocenters. The van der Waals surface area contributed by atoms with Crippen molar-refractivity contribution in [2.75, 3.05) is 6.54 Å². The summed E-state index contributed by atoms with van der Waals surface area (Å²) in [4.78, 5) is 14.2. The van der Waals surface area contributed by atoms with Crippen LogP contribution in [-0.4, -0.2) is 34.5 Å². The quantitative estimate of drug-likeness (QED) is 0.868. The predicted molar refractivity (Wildman–Crippen MR) is 74.7 cm³/mol. The summed E-state index contributed by atoms with van der Waals surface area (Å²) in [6.45, 7) is 5.05. The van der Waals surface area contributed by atoms with Gasteiger partial charge in [0.05, 0.1) is 6.04 Å². The van der Waals surface area contributed by atoms with Crippen molar-refractivity contribution >= 4 is 5.91 Å². The summed E-state index contributed by atoms with van der Waals surface area (Å²) in [5.74, 6) is 0.815. The molecular weight excluding hydrogens is 240 g/mol. The van der Waals surface area contributed by atoms with E-state index in [1.165, 1.54) is 0 Å². The highest BCUT2D eigenvalue weighted by Gasteiger charge is 2.32. The van der Waals surface area contributed by atoms with E-state index in [9.17, 15) is 9.90 Å². The first kappa shape index (κ1) is 13.9. The maximum absolute atomic E-state index is 12.3. The third kappa shape index (κ3) is 3.26. The molecule has 1 saturated heterocycles. The number of rotatable bonds is 3. The molecule has 3 N–H and O–H groups in total. The van der Waals surface area contributed by atoms with Crippen LogP contribution < -0.4 is 5.73 Å². The minimum atomic E-state index is -0.503. The second kappa shape index (κ2) is 5.61. The fourth-order valence-corrected chi connectivity index (χ4v) is 2.79.